The van der Waals surface area contributed by atoms with Crippen molar-refractivity contribution in [2.45, 2.75) is 63.4 Å². The van der Waals surface area contributed by atoms with Gasteiger partial charge in [-0.2, -0.15) is 0 Å². The summed E-state index contributed by atoms with van der Waals surface area (Å²) in [7, 11) is 0. The molecule has 1 aliphatic heterocycles. The van der Waals surface area contributed by atoms with Crippen LogP contribution in [-0.4, -0.2) is 5.11 Å². The number of rotatable bonds is 8. The lowest BCUT2D eigenvalue weighted by molar-refractivity contribution is 0.0256. The maximum atomic E-state index is 13.3. The summed E-state index contributed by atoms with van der Waals surface area (Å²) in [5.41, 5.74) is -0.188. The van der Waals surface area contributed by atoms with E-state index in [1.807, 2.05) is 13.0 Å². The lowest BCUT2D eigenvalue weighted by Gasteiger charge is -2.28. The number of halogens is 1. The lowest BCUT2D eigenvalue weighted by atomic mass is 9.86. The van der Waals surface area contributed by atoms with Crippen molar-refractivity contribution in [1.29, 1.82) is 0 Å². The van der Waals surface area contributed by atoms with Crippen molar-refractivity contribution in [3.8, 4) is 5.75 Å². The van der Waals surface area contributed by atoms with E-state index < -0.39 is 11.2 Å². The molecule has 0 amide bonds. The molecular weight excluding hydrogens is 371 g/mol. The lowest BCUT2D eigenvalue weighted by Crippen LogP contribution is -2.31. The Morgan fingerprint density at radius 2 is 2.03 bits per heavy atom. The number of hydrogen-bond donors (Lipinski definition) is 1. The zero-order chi connectivity index (χ0) is 20.4. The van der Waals surface area contributed by atoms with E-state index >= 15 is 0 Å². The van der Waals surface area contributed by atoms with Crippen LogP contribution in [-0.2, 0) is 16.8 Å². The highest BCUT2D eigenvalue weighted by molar-refractivity contribution is 5.38. The summed E-state index contributed by atoms with van der Waals surface area (Å²) in [6.45, 7) is 2.02. The third-order valence-electron chi connectivity index (χ3n) is 6.01. The van der Waals surface area contributed by atoms with Gasteiger partial charge in [-0.15, -0.1) is 0 Å². The standard InChI is InChI=1S/C24H27FO4/c1-2-10-24(11-3-12-28-24)22-20(26)15-21(29-23(22)27)18(13-16-4-5-16)14-17-6-8-19(25)9-7-17/h3,6-9,12,15-16,18,26H,2,4-5,10-11,13-14H2,1H3. The van der Waals surface area contributed by atoms with Crippen LogP contribution in [0.2, 0.25) is 0 Å². The van der Waals surface area contributed by atoms with E-state index in [9.17, 15) is 14.3 Å². The Bertz CT molecular complexity index is 932. The number of benzene rings is 1. The van der Waals surface area contributed by atoms with E-state index in [0.29, 0.717) is 30.9 Å². The van der Waals surface area contributed by atoms with Crippen molar-refractivity contribution in [2.24, 2.45) is 5.92 Å². The van der Waals surface area contributed by atoms with Crippen LogP contribution in [0.4, 0.5) is 4.39 Å². The minimum absolute atomic E-state index is 0.0367. The molecule has 2 heterocycles. The molecule has 0 radical (unpaired) electrons. The second-order valence-electron chi connectivity index (χ2n) is 8.34. The first-order valence-corrected chi connectivity index (χ1v) is 10.5. The molecule has 1 N–H and O–H groups in total. The average Bonchev–Trinajstić information content (AvgIpc) is 3.39. The van der Waals surface area contributed by atoms with Crippen LogP contribution < -0.4 is 5.63 Å². The maximum absolute atomic E-state index is 13.3. The molecule has 1 aliphatic carbocycles. The molecule has 2 aliphatic rings. The van der Waals surface area contributed by atoms with Gasteiger partial charge in [0.25, 0.3) is 0 Å². The van der Waals surface area contributed by atoms with Gasteiger partial charge in [0.1, 0.15) is 28.5 Å². The normalized spacial score (nSPS) is 21.9. The molecule has 1 aromatic carbocycles. The molecule has 2 atom stereocenters. The summed E-state index contributed by atoms with van der Waals surface area (Å²) in [4.78, 5) is 12.9. The molecule has 2 aromatic rings. The quantitative estimate of drug-likeness (QED) is 0.634. The Labute approximate surface area is 170 Å². The zero-order valence-corrected chi connectivity index (χ0v) is 16.7. The summed E-state index contributed by atoms with van der Waals surface area (Å²) in [6.07, 6.45) is 9.31. The third-order valence-corrected chi connectivity index (χ3v) is 6.01. The molecule has 29 heavy (non-hydrogen) atoms. The SMILES string of the molecule is CCCC1(c2c(O)cc(C(Cc3ccc(F)cc3)CC3CC3)oc2=O)CC=CO1. The first-order chi connectivity index (χ1) is 14.0. The van der Waals surface area contributed by atoms with Gasteiger partial charge < -0.3 is 14.3 Å². The molecule has 4 rings (SSSR count). The van der Waals surface area contributed by atoms with E-state index in [4.69, 9.17) is 9.15 Å². The van der Waals surface area contributed by atoms with Crippen molar-refractivity contribution in [3.63, 3.8) is 0 Å². The fraction of sp³-hybridized carbons (Fsp3) is 0.458. The number of hydrogen-bond acceptors (Lipinski definition) is 4. The van der Waals surface area contributed by atoms with Gasteiger partial charge in [-0.3, -0.25) is 0 Å². The highest BCUT2D eigenvalue weighted by Gasteiger charge is 2.41. The van der Waals surface area contributed by atoms with Gasteiger partial charge in [0, 0.05) is 18.4 Å². The molecule has 0 bridgehead atoms. The van der Waals surface area contributed by atoms with Crippen molar-refractivity contribution >= 4 is 0 Å². The molecule has 0 saturated heterocycles. The van der Waals surface area contributed by atoms with Crippen molar-refractivity contribution < 1.29 is 18.7 Å². The Hall–Kier alpha value is -2.56. The van der Waals surface area contributed by atoms with E-state index in [2.05, 4.69) is 0 Å². The molecule has 0 spiro atoms. The van der Waals surface area contributed by atoms with Gasteiger partial charge in [0.15, 0.2) is 0 Å². The highest BCUT2D eigenvalue weighted by Crippen LogP contribution is 2.44. The first-order valence-electron chi connectivity index (χ1n) is 10.5. The summed E-state index contributed by atoms with van der Waals surface area (Å²) in [5, 5.41) is 10.8. The molecule has 4 nitrogen and oxygen atoms in total. The maximum Gasteiger partial charge on any atom is 0.347 e. The number of aromatic hydroxyl groups is 1. The fourth-order valence-electron chi connectivity index (χ4n) is 4.40. The summed E-state index contributed by atoms with van der Waals surface area (Å²) < 4.78 is 24.8. The van der Waals surface area contributed by atoms with Crippen LogP contribution >= 0.6 is 0 Å². The highest BCUT2D eigenvalue weighted by atomic mass is 19.1. The number of ether oxygens (including phenoxy) is 1. The Morgan fingerprint density at radius 3 is 2.62 bits per heavy atom. The van der Waals surface area contributed by atoms with Crippen LogP contribution in [0.25, 0.3) is 0 Å². The minimum atomic E-state index is -0.846. The largest absolute Gasteiger partial charge is 0.507 e. The Morgan fingerprint density at radius 1 is 1.28 bits per heavy atom. The van der Waals surface area contributed by atoms with Gasteiger partial charge in [-0.05, 0) is 49.0 Å². The van der Waals surface area contributed by atoms with Crippen LogP contribution in [0.5, 0.6) is 5.75 Å². The molecule has 5 heteroatoms. The van der Waals surface area contributed by atoms with Gasteiger partial charge in [0.2, 0.25) is 0 Å². The van der Waals surface area contributed by atoms with E-state index in [1.165, 1.54) is 25.0 Å². The van der Waals surface area contributed by atoms with Crippen LogP contribution in [0.15, 0.2) is 51.9 Å². The minimum Gasteiger partial charge on any atom is -0.507 e. The fourth-order valence-corrected chi connectivity index (χ4v) is 4.40. The van der Waals surface area contributed by atoms with E-state index in [-0.39, 0.29) is 23.0 Å². The third kappa shape index (κ3) is 4.24. The van der Waals surface area contributed by atoms with Gasteiger partial charge in [0.05, 0.1) is 6.26 Å². The molecular formula is C24H27FO4. The molecule has 1 saturated carbocycles. The van der Waals surface area contributed by atoms with Gasteiger partial charge >= 0.3 is 5.63 Å². The van der Waals surface area contributed by atoms with Crippen molar-refractivity contribution in [2.75, 3.05) is 0 Å². The van der Waals surface area contributed by atoms with Crippen LogP contribution in [0, 0.1) is 11.7 Å². The predicted octanol–water partition coefficient (Wildman–Crippen LogP) is 5.54. The smallest absolute Gasteiger partial charge is 0.347 e. The van der Waals surface area contributed by atoms with E-state index in [0.717, 1.165) is 18.4 Å². The van der Waals surface area contributed by atoms with Crippen molar-refractivity contribution in [1.82, 2.24) is 0 Å². The molecule has 154 valence electrons. The Balaban J connectivity index is 1.66. The summed E-state index contributed by atoms with van der Waals surface area (Å²) in [6, 6.07) is 8.00. The summed E-state index contributed by atoms with van der Waals surface area (Å²) in [5.74, 6) is 0.734. The summed E-state index contributed by atoms with van der Waals surface area (Å²) >= 11 is 0. The van der Waals surface area contributed by atoms with E-state index in [1.54, 1.807) is 24.5 Å². The van der Waals surface area contributed by atoms with Crippen LogP contribution in [0.1, 0.15) is 68.3 Å². The second-order valence-corrected chi connectivity index (χ2v) is 8.34. The van der Waals surface area contributed by atoms with Gasteiger partial charge in [-0.25, -0.2) is 9.18 Å². The Kier molecular flexibility index (Phi) is 5.48. The van der Waals surface area contributed by atoms with Crippen molar-refractivity contribution in [3.05, 3.63) is 75.8 Å². The first kappa shape index (κ1) is 19.7. The average molecular weight is 398 g/mol. The molecule has 1 aromatic heterocycles. The predicted molar refractivity (Wildman–Crippen MR) is 108 cm³/mol. The molecule has 2 unspecified atom stereocenters. The second kappa shape index (κ2) is 8.05. The van der Waals surface area contributed by atoms with Gasteiger partial charge in [-0.1, -0.05) is 38.3 Å². The monoisotopic (exact) mass is 398 g/mol. The molecule has 1 fully saturated rings. The van der Waals surface area contributed by atoms with Crippen LogP contribution in [0.3, 0.4) is 0 Å². The topological polar surface area (TPSA) is 59.7 Å². The zero-order valence-electron chi connectivity index (χ0n) is 16.7.